The van der Waals surface area contributed by atoms with Crippen molar-refractivity contribution in [3.05, 3.63) is 42.0 Å². The van der Waals surface area contributed by atoms with Crippen LogP contribution in [-0.2, 0) is 4.74 Å². The van der Waals surface area contributed by atoms with Crippen molar-refractivity contribution in [3.8, 4) is 11.5 Å². The van der Waals surface area contributed by atoms with Crippen LogP contribution in [0.2, 0.25) is 0 Å². The van der Waals surface area contributed by atoms with E-state index in [1.807, 2.05) is 12.1 Å². The normalized spacial score (nSPS) is 14.3. The van der Waals surface area contributed by atoms with Gasteiger partial charge in [-0.05, 0) is 49.2 Å². The van der Waals surface area contributed by atoms with Gasteiger partial charge in [0.1, 0.15) is 5.69 Å². The molecule has 1 saturated heterocycles. The molecule has 1 aliphatic rings. The molecule has 1 aliphatic heterocycles. The molecule has 7 heteroatoms. The molecule has 0 aliphatic carbocycles. The fourth-order valence-corrected chi connectivity index (χ4v) is 3.72. The minimum absolute atomic E-state index is 0.371. The third-order valence-electron chi connectivity index (χ3n) is 5.14. The quantitative estimate of drug-likeness (QED) is 0.546. The van der Waals surface area contributed by atoms with Crippen molar-refractivity contribution in [3.63, 3.8) is 0 Å². The number of fused-ring (bicyclic) bond motifs is 2. The van der Waals surface area contributed by atoms with Gasteiger partial charge < -0.3 is 14.6 Å². The van der Waals surface area contributed by atoms with Gasteiger partial charge >= 0.3 is 5.97 Å². The Labute approximate surface area is 155 Å². The van der Waals surface area contributed by atoms with E-state index in [-0.39, 0.29) is 5.97 Å². The molecule has 0 unspecified atom stereocenters. The third-order valence-corrected chi connectivity index (χ3v) is 5.14. The summed E-state index contributed by atoms with van der Waals surface area (Å²) in [6, 6.07) is 11.6. The summed E-state index contributed by atoms with van der Waals surface area (Å²) in [4.78, 5) is 22.3. The number of aromatic nitrogens is 4. The summed E-state index contributed by atoms with van der Waals surface area (Å²) in [5.74, 6) is 0.306. The van der Waals surface area contributed by atoms with Crippen molar-refractivity contribution < 1.29 is 9.53 Å². The van der Waals surface area contributed by atoms with E-state index in [9.17, 15) is 4.79 Å². The Morgan fingerprint density at radius 3 is 2.78 bits per heavy atom. The molecule has 0 amide bonds. The van der Waals surface area contributed by atoms with Crippen LogP contribution >= 0.6 is 0 Å². The van der Waals surface area contributed by atoms with Crippen molar-refractivity contribution in [1.82, 2.24) is 20.2 Å². The summed E-state index contributed by atoms with van der Waals surface area (Å²) in [7, 11) is 1.38. The first kappa shape index (κ1) is 15.9. The number of imidazole rings is 1. The first-order chi connectivity index (χ1) is 13.2. The standard InChI is InChI=1S/C20H19N5O2/c1-27-20(26)12-4-6-15-14(10-12)18(24-23-15)19-21-16-7-5-13(11-17(16)22-19)25-8-2-3-9-25/h4-7,10-11H,2-3,8-9H2,1H3,(H,21,22)(H,23,24). The average molecular weight is 361 g/mol. The van der Waals surface area contributed by atoms with Crippen molar-refractivity contribution >= 4 is 33.6 Å². The van der Waals surface area contributed by atoms with Gasteiger partial charge in [0.25, 0.3) is 0 Å². The molecule has 27 heavy (non-hydrogen) atoms. The highest BCUT2D eigenvalue weighted by Crippen LogP contribution is 2.29. The van der Waals surface area contributed by atoms with Gasteiger partial charge in [0.15, 0.2) is 5.82 Å². The lowest BCUT2D eigenvalue weighted by Crippen LogP contribution is -2.17. The maximum absolute atomic E-state index is 11.9. The number of aromatic amines is 2. The van der Waals surface area contributed by atoms with Crippen LogP contribution in [0.25, 0.3) is 33.5 Å². The maximum atomic E-state index is 11.9. The van der Waals surface area contributed by atoms with Gasteiger partial charge in [0.05, 0.1) is 29.2 Å². The van der Waals surface area contributed by atoms with Crippen molar-refractivity contribution in [1.29, 1.82) is 0 Å². The third kappa shape index (κ3) is 2.63. The molecule has 2 aromatic heterocycles. The van der Waals surface area contributed by atoms with Gasteiger partial charge in [-0.1, -0.05) is 0 Å². The summed E-state index contributed by atoms with van der Waals surface area (Å²) in [5, 5.41) is 8.24. The highest BCUT2D eigenvalue weighted by Gasteiger charge is 2.17. The first-order valence-electron chi connectivity index (χ1n) is 9.04. The molecule has 0 saturated carbocycles. The summed E-state index contributed by atoms with van der Waals surface area (Å²) >= 11 is 0. The second-order valence-corrected chi connectivity index (χ2v) is 6.81. The summed E-state index contributed by atoms with van der Waals surface area (Å²) in [6.45, 7) is 2.21. The molecule has 0 bridgehead atoms. The van der Waals surface area contributed by atoms with Crippen LogP contribution < -0.4 is 4.90 Å². The van der Waals surface area contributed by atoms with Crippen LogP contribution in [-0.4, -0.2) is 46.3 Å². The molecule has 1 fully saturated rings. The van der Waals surface area contributed by atoms with Crippen molar-refractivity contribution in [2.24, 2.45) is 0 Å². The van der Waals surface area contributed by atoms with E-state index >= 15 is 0 Å². The van der Waals surface area contributed by atoms with E-state index in [4.69, 9.17) is 9.72 Å². The van der Waals surface area contributed by atoms with Crippen LogP contribution in [0.15, 0.2) is 36.4 Å². The number of methoxy groups -OCH3 is 1. The largest absolute Gasteiger partial charge is 0.465 e. The maximum Gasteiger partial charge on any atom is 0.337 e. The molecule has 2 aromatic carbocycles. The number of carbonyl (C=O) groups excluding carboxylic acids is 1. The average Bonchev–Trinajstić information content (AvgIpc) is 3.44. The number of anilines is 1. The number of esters is 1. The van der Waals surface area contributed by atoms with Crippen LogP contribution in [0, 0.1) is 0 Å². The predicted molar refractivity (Wildman–Crippen MR) is 104 cm³/mol. The Morgan fingerprint density at radius 2 is 1.96 bits per heavy atom. The Morgan fingerprint density at radius 1 is 1.11 bits per heavy atom. The van der Waals surface area contributed by atoms with E-state index in [0.29, 0.717) is 17.1 Å². The molecular weight excluding hydrogens is 342 g/mol. The molecule has 0 atom stereocenters. The molecular formula is C20H19N5O2. The Balaban J connectivity index is 1.59. The van der Waals surface area contributed by atoms with Crippen molar-refractivity contribution in [2.75, 3.05) is 25.1 Å². The number of H-pyrrole nitrogens is 2. The monoisotopic (exact) mass is 361 g/mol. The Bertz CT molecular complexity index is 1150. The zero-order valence-electron chi connectivity index (χ0n) is 15.0. The molecule has 2 N–H and O–H groups in total. The SMILES string of the molecule is COC(=O)c1ccc2[nH]nc(-c3nc4ccc(N5CCCC5)cc4[nH]3)c2c1. The minimum Gasteiger partial charge on any atom is -0.465 e. The summed E-state index contributed by atoms with van der Waals surface area (Å²) < 4.78 is 4.82. The van der Waals surface area contributed by atoms with Crippen LogP contribution in [0.4, 0.5) is 5.69 Å². The highest BCUT2D eigenvalue weighted by atomic mass is 16.5. The van der Waals surface area contributed by atoms with E-state index in [2.05, 4.69) is 32.2 Å². The van der Waals surface area contributed by atoms with E-state index in [1.54, 1.807) is 12.1 Å². The van der Waals surface area contributed by atoms with E-state index in [1.165, 1.54) is 25.6 Å². The summed E-state index contributed by atoms with van der Waals surface area (Å²) in [6.07, 6.45) is 2.49. The van der Waals surface area contributed by atoms with Gasteiger partial charge in [-0.25, -0.2) is 9.78 Å². The zero-order chi connectivity index (χ0) is 18.4. The molecule has 136 valence electrons. The van der Waals surface area contributed by atoms with Crippen LogP contribution in [0.3, 0.4) is 0 Å². The number of nitrogens with zero attached hydrogens (tertiary/aromatic N) is 3. The smallest absolute Gasteiger partial charge is 0.337 e. The zero-order valence-corrected chi connectivity index (χ0v) is 15.0. The number of hydrogen-bond donors (Lipinski definition) is 2. The molecule has 3 heterocycles. The lowest BCUT2D eigenvalue weighted by Gasteiger charge is -2.17. The Kier molecular flexibility index (Phi) is 3.60. The number of benzene rings is 2. The van der Waals surface area contributed by atoms with Gasteiger partial charge in [0.2, 0.25) is 0 Å². The number of ether oxygens (including phenoxy) is 1. The lowest BCUT2D eigenvalue weighted by atomic mass is 10.1. The molecule has 0 spiro atoms. The molecule has 7 nitrogen and oxygen atoms in total. The van der Waals surface area contributed by atoms with Gasteiger partial charge in [0, 0.05) is 24.2 Å². The van der Waals surface area contributed by atoms with Gasteiger partial charge in [-0.2, -0.15) is 5.10 Å². The molecule has 4 aromatic rings. The topological polar surface area (TPSA) is 86.9 Å². The lowest BCUT2D eigenvalue weighted by molar-refractivity contribution is 0.0601. The molecule has 0 radical (unpaired) electrons. The summed E-state index contributed by atoms with van der Waals surface area (Å²) in [5.41, 5.74) is 5.11. The van der Waals surface area contributed by atoms with Crippen LogP contribution in [0.5, 0.6) is 0 Å². The second-order valence-electron chi connectivity index (χ2n) is 6.81. The fourth-order valence-electron chi connectivity index (χ4n) is 3.72. The first-order valence-corrected chi connectivity index (χ1v) is 9.04. The fraction of sp³-hybridized carbons (Fsp3) is 0.250. The van der Waals surface area contributed by atoms with Gasteiger partial charge in [-0.15, -0.1) is 0 Å². The second kappa shape index (κ2) is 6.12. The number of rotatable bonds is 3. The van der Waals surface area contributed by atoms with Crippen LogP contribution in [0.1, 0.15) is 23.2 Å². The minimum atomic E-state index is -0.371. The Hall–Kier alpha value is -3.35. The van der Waals surface area contributed by atoms with Gasteiger partial charge in [-0.3, -0.25) is 5.10 Å². The molecule has 5 rings (SSSR count). The van der Waals surface area contributed by atoms with E-state index in [0.717, 1.165) is 35.0 Å². The van der Waals surface area contributed by atoms with E-state index < -0.39 is 0 Å². The number of hydrogen-bond acceptors (Lipinski definition) is 5. The van der Waals surface area contributed by atoms with Crippen molar-refractivity contribution in [2.45, 2.75) is 12.8 Å². The predicted octanol–water partition coefficient (Wildman–Crippen LogP) is 3.49. The number of carbonyl (C=O) groups is 1. The highest BCUT2D eigenvalue weighted by molar-refractivity contribution is 5.99. The number of nitrogens with one attached hydrogen (secondary N) is 2.